The summed E-state index contributed by atoms with van der Waals surface area (Å²) in [6.07, 6.45) is -0.914. The Morgan fingerprint density at radius 2 is 1.19 bits per heavy atom. The standard InChI is InChI=1S/C24H15BF5N/c26-20-19(21(27)23(29)24(30)22(20)28)25(16-9-2-1-3-10-16)14-15-8-4-5-11-17(15)18-12-6-7-13-31(18)25/h1-13H,14H2/t25-/m1/s1. The Kier molecular flexibility index (Phi) is 4.43. The molecule has 1 aliphatic heterocycles. The van der Waals surface area contributed by atoms with E-state index in [2.05, 4.69) is 0 Å². The normalized spacial score (nSPS) is 17.2. The lowest BCUT2D eigenvalue weighted by Gasteiger charge is -2.41. The first-order chi connectivity index (χ1) is 15.0. The van der Waals surface area contributed by atoms with Gasteiger partial charge >= 0.3 is 6.28 Å². The van der Waals surface area contributed by atoms with Crippen LogP contribution in [0.25, 0.3) is 11.3 Å². The highest BCUT2D eigenvalue weighted by atomic mass is 19.2. The van der Waals surface area contributed by atoms with Crippen LogP contribution in [0.3, 0.4) is 0 Å². The van der Waals surface area contributed by atoms with E-state index in [1.807, 2.05) is 18.2 Å². The van der Waals surface area contributed by atoms with Crippen molar-refractivity contribution in [2.45, 2.75) is 6.32 Å². The Hall–Kier alpha value is -3.48. The van der Waals surface area contributed by atoms with Crippen molar-refractivity contribution in [2.24, 2.45) is 0 Å². The van der Waals surface area contributed by atoms with Gasteiger partial charge in [-0.2, -0.15) is 0 Å². The Balaban J connectivity index is 1.98. The van der Waals surface area contributed by atoms with Crippen molar-refractivity contribution < 1.29 is 26.4 Å². The first-order valence-electron chi connectivity index (χ1n) is 9.80. The molecule has 154 valence electrons. The minimum absolute atomic E-state index is 0.0697. The largest absolute Gasteiger partial charge is 0.412 e. The molecule has 0 fully saturated rings. The van der Waals surface area contributed by atoms with Gasteiger partial charge in [-0.05, 0) is 12.1 Å². The highest BCUT2D eigenvalue weighted by molar-refractivity contribution is 6.95. The molecule has 3 aromatic carbocycles. The van der Waals surface area contributed by atoms with Gasteiger partial charge < -0.3 is 4.48 Å². The zero-order chi connectivity index (χ0) is 21.8. The summed E-state index contributed by atoms with van der Waals surface area (Å²) in [5.41, 5.74) is 1.91. The molecule has 2 heterocycles. The molecule has 1 nitrogen and oxygen atoms in total. The van der Waals surface area contributed by atoms with Crippen LogP contribution in [0.2, 0.25) is 0 Å². The van der Waals surface area contributed by atoms with Crippen molar-refractivity contribution in [3.05, 3.63) is 114 Å². The summed E-state index contributed by atoms with van der Waals surface area (Å²) in [6.45, 7) is 0. The van der Waals surface area contributed by atoms with E-state index in [1.165, 1.54) is 0 Å². The molecule has 0 aliphatic carbocycles. The summed E-state index contributed by atoms with van der Waals surface area (Å²) in [7, 11) is 0. The van der Waals surface area contributed by atoms with Crippen LogP contribution in [-0.2, 0) is 6.32 Å². The Labute approximate surface area is 175 Å². The highest BCUT2D eigenvalue weighted by Crippen LogP contribution is 2.30. The molecule has 5 rings (SSSR count). The predicted molar refractivity (Wildman–Crippen MR) is 109 cm³/mol. The van der Waals surface area contributed by atoms with E-state index in [9.17, 15) is 13.2 Å². The number of hydrogen-bond acceptors (Lipinski definition) is 0. The maximum absolute atomic E-state index is 15.3. The third-order valence-electron chi connectivity index (χ3n) is 6.25. The second kappa shape index (κ2) is 7.05. The van der Waals surface area contributed by atoms with Gasteiger partial charge in [-0.3, -0.25) is 0 Å². The van der Waals surface area contributed by atoms with E-state index in [-0.39, 0.29) is 6.32 Å². The van der Waals surface area contributed by atoms with Crippen molar-refractivity contribution in [1.29, 1.82) is 0 Å². The van der Waals surface area contributed by atoms with Crippen molar-refractivity contribution in [3.8, 4) is 11.3 Å². The molecule has 0 spiro atoms. The SMILES string of the molecule is Fc1c(F)c(F)c([B@-]2(c3ccccc3)Cc3ccccc3-c3cccc[n+]32)c(F)c1F. The zero-order valence-corrected chi connectivity index (χ0v) is 16.1. The van der Waals surface area contributed by atoms with Gasteiger partial charge in [0.1, 0.15) is 17.8 Å². The van der Waals surface area contributed by atoms with Crippen LogP contribution < -0.4 is 15.4 Å². The van der Waals surface area contributed by atoms with Gasteiger partial charge in [0.25, 0.3) is 0 Å². The van der Waals surface area contributed by atoms with E-state index in [0.717, 1.165) is 11.1 Å². The van der Waals surface area contributed by atoms with Gasteiger partial charge in [-0.15, -0.1) is 5.46 Å². The highest BCUT2D eigenvalue weighted by Gasteiger charge is 2.50. The van der Waals surface area contributed by atoms with Gasteiger partial charge in [0, 0.05) is 11.6 Å². The van der Waals surface area contributed by atoms with E-state index in [1.54, 1.807) is 65.3 Å². The molecule has 1 aliphatic rings. The van der Waals surface area contributed by atoms with Gasteiger partial charge in [-0.1, -0.05) is 71.9 Å². The van der Waals surface area contributed by atoms with Gasteiger partial charge in [0.15, 0.2) is 23.1 Å². The lowest BCUT2D eigenvalue weighted by molar-refractivity contribution is -0.532. The summed E-state index contributed by atoms with van der Waals surface area (Å²) in [5.74, 6) is -9.65. The van der Waals surface area contributed by atoms with Crippen LogP contribution in [0.15, 0.2) is 79.0 Å². The average molecular weight is 423 g/mol. The molecule has 0 saturated carbocycles. The van der Waals surface area contributed by atoms with E-state index in [4.69, 9.17) is 0 Å². The van der Waals surface area contributed by atoms with Crippen molar-refractivity contribution in [1.82, 2.24) is 0 Å². The van der Waals surface area contributed by atoms with Gasteiger partial charge in [0.05, 0.1) is 0 Å². The monoisotopic (exact) mass is 423 g/mol. The second-order valence-corrected chi connectivity index (χ2v) is 7.74. The maximum Gasteiger partial charge on any atom is 0.342 e. The lowest BCUT2D eigenvalue weighted by Crippen LogP contribution is -2.83. The van der Waals surface area contributed by atoms with Crippen molar-refractivity contribution in [2.75, 3.05) is 0 Å². The molecule has 0 unspecified atom stereocenters. The fraction of sp³-hybridized carbons (Fsp3) is 0.0417. The number of halogens is 5. The Bertz CT molecular complexity index is 1300. The Morgan fingerprint density at radius 1 is 0.613 bits per heavy atom. The first-order valence-corrected chi connectivity index (χ1v) is 9.80. The van der Waals surface area contributed by atoms with Gasteiger partial charge in [0.2, 0.25) is 0 Å². The minimum atomic E-state index is -2.62. The molecule has 0 N–H and O–H groups in total. The number of benzene rings is 3. The summed E-state index contributed by atoms with van der Waals surface area (Å²) < 4.78 is 74.8. The fourth-order valence-electron chi connectivity index (χ4n) is 4.93. The van der Waals surface area contributed by atoms with E-state index in [0.29, 0.717) is 11.2 Å². The second-order valence-electron chi connectivity index (χ2n) is 7.74. The summed E-state index contributed by atoms with van der Waals surface area (Å²) >= 11 is 0. The smallest absolute Gasteiger partial charge is 0.342 e. The molecular formula is C24H15BF5N. The summed E-state index contributed by atoms with van der Waals surface area (Å²) in [4.78, 5) is 0. The number of nitrogens with zero attached hydrogens (tertiary/aromatic N) is 1. The molecule has 1 atom stereocenters. The molecule has 0 bridgehead atoms. The molecular weight excluding hydrogens is 408 g/mol. The number of rotatable bonds is 2. The average Bonchev–Trinajstić information content (AvgIpc) is 2.82. The van der Waals surface area contributed by atoms with Crippen molar-refractivity contribution >= 4 is 17.2 Å². The number of pyridine rings is 1. The van der Waals surface area contributed by atoms with Crippen molar-refractivity contribution in [3.63, 3.8) is 0 Å². The quantitative estimate of drug-likeness (QED) is 0.198. The zero-order valence-electron chi connectivity index (χ0n) is 16.1. The maximum atomic E-state index is 15.3. The van der Waals surface area contributed by atoms with Gasteiger partial charge in [-0.25, -0.2) is 22.0 Å². The van der Waals surface area contributed by atoms with Crippen LogP contribution in [-0.4, -0.2) is 6.28 Å². The molecule has 1 aromatic heterocycles. The minimum Gasteiger partial charge on any atom is -0.412 e. The van der Waals surface area contributed by atoms with Crippen LogP contribution in [0.1, 0.15) is 5.56 Å². The third-order valence-corrected chi connectivity index (χ3v) is 6.25. The topological polar surface area (TPSA) is 3.88 Å². The first kappa shape index (κ1) is 19.5. The summed E-state index contributed by atoms with van der Waals surface area (Å²) in [6, 6.07) is 21.0. The van der Waals surface area contributed by atoms with Crippen LogP contribution in [0, 0.1) is 29.1 Å². The van der Waals surface area contributed by atoms with E-state index < -0.39 is 40.8 Å². The fourth-order valence-corrected chi connectivity index (χ4v) is 4.93. The number of aromatic nitrogens is 1. The van der Waals surface area contributed by atoms with E-state index >= 15 is 8.78 Å². The molecule has 7 heteroatoms. The van der Waals surface area contributed by atoms with Crippen LogP contribution >= 0.6 is 0 Å². The van der Waals surface area contributed by atoms with Crippen LogP contribution in [0.5, 0.6) is 0 Å². The number of fused-ring (bicyclic) bond motifs is 3. The molecule has 0 saturated heterocycles. The third kappa shape index (κ3) is 2.65. The molecule has 0 amide bonds. The number of hydrogen-bond donors (Lipinski definition) is 0. The van der Waals surface area contributed by atoms with Crippen LogP contribution in [0.4, 0.5) is 22.0 Å². The Morgan fingerprint density at radius 3 is 1.90 bits per heavy atom. The molecule has 31 heavy (non-hydrogen) atoms. The predicted octanol–water partition coefficient (Wildman–Crippen LogP) is 4.04. The molecule has 4 aromatic rings. The summed E-state index contributed by atoms with van der Waals surface area (Å²) in [5, 5.41) is 0. The lowest BCUT2D eigenvalue weighted by atomic mass is 9.23. The molecule has 0 radical (unpaired) electrons.